The quantitative estimate of drug-likeness (QED) is 0.648. The lowest BCUT2D eigenvalue weighted by molar-refractivity contribution is -0.128. The number of Topliss-reactive ketones (excluding diaryl/α,β-unsaturated/α-hetero) is 1. The molecule has 0 aliphatic rings. The molecule has 0 saturated heterocycles. The van der Waals surface area contributed by atoms with Crippen LogP contribution in [0.5, 0.6) is 0 Å². The standard InChI is InChI=1S/C11H21NO3/c1-5-15-7-10(8(2)3)12-11(14)6-9(4)13/h8,10H,5-7H2,1-4H3,(H,12,14). The molecule has 1 unspecified atom stereocenters. The molecule has 0 fully saturated rings. The van der Waals surface area contributed by atoms with E-state index in [4.69, 9.17) is 4.74 Å². The summed E-state index contributed by atoms with van der Waals surface area (Å²) in [6.45, 7) is 8.47. The summed E-state index contributed by atoms with van der Waals surface area (Å²) in [7, 11) is 0. The van der Waals surface area contributed by atoms with E-state index in [9.17, 15) is 9.59 Å². The monoisotopic (exact) mass is 215 g/mol. The molecule has 15 heavy (non-hydrogen) atoms. The van der Waals surface area contributed by atoms with E-state index in [2.05, 4.69) is 5.32 Å². The summed E-state index contributed by atoms with van der Waals surface area (Å²) in [5.74, 6) is -0.0419. The predicted octanol–water partition coefficient (Wildman–Crippen LogP) is 1.14. The van der Waals surface area contributed by atoms with Crippen LogP contribution in [0.15, 0.2) is 0 Å². The minimum atomic E-state index is -0.221. The fraction of sp³-hybridized carbons (Fsp3) is 0.818. The largest absolute Gasteiger partial charge is 0.380 e. The first-order chi connectivity index (χ1) is 6.97. The van der Waals surface area contributed by atoms with Gasteiger partial charge in [0.05, 0.1) is 19.1 Å². The third-order valence-electron chi connectivity index (χ3n) is 2.06. The minimum absolute atomic E-state index is 0.0169. The fourth-order valence-electron chi connectivity index (χ4n) is 1.13. The summed E-state index contributed by atoms with van der Waals surface area (Å²) in [5.41, 5.74) is 0. The zero-order chi connectivity index (χ0) is 11.8. The van der Waals surface area contributed by atoms with Crippen LogP contribution in [0.1, 0.15) is 34.1 Å². The van der Waals surface area contributed by atoms with Gasteiger partial charge in [-0.2, -0.15) is 0 Å². The topological polar surface area (TPSA) is 55.4 Å². The first-order valence-electron chi connectivity index (χ1n) is 5.33. The number of ether oxygens (including phenoxy) is 1. The molecule has 1 amide bonds. The summed E-state index contributed by atoms with van der Waals surface area (Å²) in [5, 5.41) is 2.80. The predicted molar refractivity (Wildman–Crippen MR) is 58.6 cm³/mol. The second-order valence-electron chi connectivity index (χ2n) is 3.96. The van der Waals surface area contributed by atoms with Gasteiger partial charge in [-0.15, -0.1) is 0 Å². The number of carbonyl (C=O) groups is 2. The van der Waals surface area contributed by atoms with Crippen LogP contribution in [0.3, 0.4) is 0 Å². The fourth-order valence-corrected chi connectivity index (χ4v) is 1.13. The Morgan fingerprint density at radius 1 is 1.33 bits per heavy atom. The zero-order valence-corrected chi connectivity index (χ0v) is 10.0. The summed E-state index contributed by atoms with van der Waals surface area (Å²) in [4.78, 5) is 22.1. The number of hydrogen-bond donors (Lipinski definition) is 1. The van der Waals surface area contributed by atoms with Gasteiger partial charge in [-0.25, -0.2) is 0 Å². The number of rotatable bonds is 7. The smallest absolute Gasteiger partial charge is 0.227 e. The average Bonchev–Trinajstić information content (AvgIpc) is 2.10. The van der Waals surface area contributed by atoms with Gasteiger partial charge in [0.15, 0.2) is 0 Å². The summed E-state index contributed by atoms with van der Waals surface area (Å²) >= 11 is 0. The highest BCUT2D eigenvalue weighted by molar-refractivity contribution is 5.96. The lowest BCUT2D eigenvalue weighted by atomic mass is 10.1. The van der Waals surface area contributed by atoms with Gasteiger partial charge in [-0.05, 0) is 19.8 Å². The highest BCUT2D eigenvalue weighted by Gasteiger charge is 2.16. The highest BCUT2D eigenvalue weighted by Crippen LogP contribution is 2.02. The molecule has 1 atom stereocenters. The van der Waals surface area contributed by atoms with Crippen LogP contribution in [0.25, 0.3) is 0 Å². The lowest BCUT2D eigenvalue weighted by Gasteiger charge is -2.21. The number of amides is 1. The zero-order valence-electron chi connectivity index (χ0n) is 10.0. The van der Waals surface area contributed by atoms with Crippen molar-refractivity contribution >= 4 is 11.7 Å². The molecule has 0 heterocycles. The van der Waals surface area contributed by atoms with Crippen molar-refractivity contribution < 1.29 is 14.3 Å². The first-order valence-corrected chi connectivity index (χ1v) is 5.33. The summed E-state index contributed by atoms with van der Waals surface area (Å²) < 4.78 is 5.26. The molecular weight excluding hydrogens is 194 g/mol. The Bertz CT molecular complexity index is 214. The van der Waals surface area contributed by atoms with Gasteiger partial charge in [-0.3, -0.25) is 9.59 Å². The van der Waals surface area contributed by atoms with Crippen molar-refractivity contribution in [1.29, 1.82) is 0 Å². The van der Waals surface area contributed by atoms with Crippen molar-refractivity contribution in [3.8, 4) is 0 Å². The Morgan fingerprint density at radius 3 is 2.33 bits per heavy atom. The van der Waals surface area contributed by atoms with Crippen molar-refractivity contribution in [3.63, 3.8) is 0 Å². The van der Waals surface area contributed by atoms with Gasteiger partial charge in [0.25, 0.3) is 0 Å². The highest BCUT2D eigenvalue weighted by atomic mass is 16.5. The van der Waals surface area contributed by atoms with Gasteiger partial charge in [0.2, 0.25) is 5.91 Å². The number of hydrogen-bond acceptors (Lipinski definition) is 3. The van der Waals surface area contributed by atoms with Gasteiger partial charge >= 0.3 is 0 Å². The minimum Gasteiger partial charge on any atom is -0.380 e. The van der Waals surface area contributed by atoms with Gasteiger partial charge in [0, 0.05) is 6.61 Å². The van der Waals surface area contributed by atoms with Crippen LogP contribution in [0.2, 0.25) is 0 Å². The molecule has 0 aliphatic carbocycles. The lowest BCUT2D eigenvalue weighted by Crippen LogP contribution is -2.42. The molecule has 4 nitrogen and oxygen atoms in total. The molecule has 0 aliphatic heterocycles. The second kappa shape index (κ2) is 7.40. The van der Waals surface area contributed by atoms with Crippen LogP contribution in [0, 0.1) is 5.92 Å². The Balaban J connectivity index is 4.04. The molecule has 0 rings (SSSR count). The van der Waals surface area contributed by atoms with E-state index in [-0.39, 0.29) is 24.2 Å². The van der Waals surface area contributed by atoms with Crippen molar-refractivity contribution in [2.75, 3.05) is 13.2 Å². The Morgan fingerprint density at radius 2 is 1.93 bits per heavy atom. The van der Waals surface area contributed by atoms with E-state index in [1.807, 2.05) is 20.8 Å². The third-order valence-corrected chi connectivity index (χ3v) is 2.06. The maximum Gasteiger partial charge on any atom is 0.227 e. The van der Waals surface area contributed by atoms with Crippen LogP contribution >= 0.6 is 0 Å². The maximum atomic E-state index is 11.3. The molecular formula is C11H21NO3. The molecule has 4 heteroatoms. The van der Waals surface area contributed by atoms with Gasteiger partial charge < -0.3 is 10.1 Å². The van der Waals surface area contributed by atoms with Crippen molar-refractivity contribution in [2.45, 2.75) is 40.2 Å². The van der Waals surface area contributed by atoms with E-state index in [0.717, 1.165) is 0 Å². The molecule has 0 spiro atoms. The van der Waals surface area contributed by atoms with E-state index >= 15 is 0 Å². The Kier molecular flexibility index (Phi) is 6.96. The van der Waals surface area contributed by atoms with Crippen LogP contribution in [-0.2, 0) is 14.3 Å². The summed E-state index contributed by atoms with van der Waals surface area (Å²) in [6, 6.07) is -0.0169. The molecule has 0 aromatic rings. The number of ketones is 1. The average molecular weight is 215 g/mol. The van der Waals surface area contributed by atoms with Crippen molar-refractivity contribution in [3.05, 3.63) is 0 Å². The molecule has 0 bridgehead atoms. The first kappa shape index (κ1) is 14.1. The molecule has 0 radical (unpaired) electrons. The number of carbonyl (C=O) groups excluding carboxylic acids is 2. The Hall–Kier alpha value is -0.900. The van der Waals surface area contributed by atoms with E-state index in [1.54, 1.807) is 0 Å². The third kappa shape index (κ3) is 7.08. The molecule has 0 saturated carbocycles. The molecule has 0 aromatic carbocycles. The van der Waals surface area contributed by atoms with Gasteiger partial charge in [0.1, 0.15) is 5.78 Å². The van der Waals surface area contributed by atoms with E-state index < -0.39 is 0 Å². The second-order valence-corrected chi connectivity index (χ2v) is 3.96. The van der Waals surface area contributed by atoms with Crippen molar-refractivity contribution in [2.24, 2.45) is 5.92 Å². The normalized spacial score (nSPS) is 12.6. The van der Waals surface area contributed by atoms with Crippen molar-refractivity contribution in [1.82, 2.24) is 5.32 Å². The maximum absolute atomic E-state index is 11.3. The molecule has 88 valence electrons. The SMILES string of the molecule is CCOCC(NC(=O)CC(C)=O)C(C)C. The summed E-state index contributed by atoms with van der Waals surface area (Å²) in [6.07, 6.45) is -0.0463. The van der Waals surface area contributed by atoms with Crippen LogP contribution in [0.4, 0.5) is 0 Å². The molecule has 1 N–H and O–H groups in total. The van der Waals surface area contributed by atoms with Crippen LogP contribution in [-0.4, -0.2) is 30.9 Å². The Labute approximate surface area is 91.4 Å². The van der Waals surface area contributed by atoms with E-state index in [1.165, 1.54) is 6.92 Å². The van der Waals surface area contributed by atoms with Gasteiger partial charge in [-0.1, -0.05) is 13.8 Å². The number of nitrogens with one attached hydrogen (secondary N) is 1. The van der Waals surface area contributed by atoms with E-state index in [0.29, 0.717) is 19.1 Å². The van der Waals surface area contributed by atoms with Crippen LogP contribution < -0.4 is 5.32 Å². The molecule has 0 aromatic heterocycles.